The summed E-state index contributed by atoms with van der Waals surface area (Å²) in [5, 5.41) is 16.4. The van der Waals surface area contributed by atoms with Gasteiger partial charge in [0.1, 0.15) is 13.1 Å². The number of allylic oxidation sites excluding steroid dienone is 1. The highest BCUT2D eigenvalue weighted by atomic mass is 19.4. The molecule has 0 aliphatic heterocycles. The van der Waals surface area contributed by atoms with E-state index in [2.05, 4.69) is 11.9 Å². The van der Waals surface area contributed by atoms with Crippen molar-refractivity contribution in [2.24, 2.45) is 0 Å². The highest BCUT2D eigenvalue weighted by molar-refractivity contribution is 5.90. The van der Waals surface area contributed by atoms with E-state index in [9.17, 15) is 28.0 Å². The number of carbonyl (C=O) groups is 2. The van der Waals surface area contributed by atoms with Gasteiger partial charge in [0.2, 0.25) is 5.91 Å². The number of alkyl halides is 3. The maximum atomic E-state index is 13.5. The van der Waals surface area contributed by atoms with Crippen LogP contribution >= 0.6 is 0 Å². The summed E-state index contributed by atoms with van der Waals surface area (Å²) in [4.78, 5) is 28.2. The molecule has 1 amide bonds. The van der Waals surface area contributed by atoms with Crippen LogP contribution in [0.25, 0.3) is 0 Å². The molecule has 0 saturated carbocycles. The molecule has 1 unspecified atom stereocenters. The third-order valence-electron chi connectivity index (χ3n) is 6.15. The van der Waals surface area contributed by atoms with Crippen LogP contribution < -0.4 is 5.32 Å². The molecular weight excluding hydrogens is 509 g/mol. The second kappa shape index (κ2) is 16.1. The van der Waals surface area contributed by atoms with E-state index in [1.54, 1.807) is 31.2 Å². The molecule has 0 aliphatic rings. The number of nitrogens with zero attached hydrogens (tertiary/aromatic N) is 1. The Morgan fingerprint density at radius 1 is 0.897 bits per heavy atom. The highest BCUT2D eigenvalue weighted by Crippen LogP contribution is 2.30. The molecule has 2 rings (SSSR count). The van der Waals surface area contributed by atoms with Crippen molar-refractivity contribution >= 4 is 17.6 Å². The first-order chi connectivity index (χ1) is 18.5. The molecule has 0 spiro atoms. The van der Waals surface area contributed by atoms with Crippen molar-refractivity contribution in [2.45, 2.75) is 90.4 Å². The van der Waals surface area contributed by atoms with Gasteiger partial charge in [0.25, 0.3) is 0 Å². The van der Waals surface area contributed by atoms with Gasteiger partial charge in [0.05, 0.1) is 12.0 Å². The predicted octanol–water partition coefficient (Wildman–Crippen LogP) is 8.22. The number of unbranched alkanes of at least 4 members (excludes halogenated alkanes) is 6. The fourth-order valence-corrected chi connectivity index (χ4v) is 4.11. The molecule has 1 atom stereocenters. The zero-order valence-corrected chi connectivity index (χ0v) is 22.6. The summed E-state index contributed by atoms with van der Waals surface area (Å²) in [6.07, 6.45) is 5.85. The largest absolute Gasteiger partial charge is 0.589 e. The van der Waals surface area contributed by atoms with Gasteiger partial charge in [-0.3, -0.25) is 9.63 Å². The van der Waals surface area contributed by atoms with Crippen LogP contribution in [-0.2, 0) is 33.7 Å². The maximum Gasteiger partial charge on any atom is 0.416 e. The Bertz CT molecular complexity index is 1040. The first-order valence-electron chi connectivity index (χ1n) is 13.5. The monoisotopic (exact) mass is 548 g/mol. The first-order valence-corrected chi connectivity index (χ1v) is 13.5. The van der Waals surface area contributed by atoms with Crippen molar-refractivity contribution in [3.05, 3.63) is 83.1 Å². The van der Waals surface area contributed by atoms with Gasteiger partial charge < -0.3 is 10.5 Å². The minimum atomic E-state index is -4.49. The van der Waals surface area contributed by atoms with Gasteiger partial charge in [0.15, 0.2) is 0 Å². The molecule has 214 valence electrons. The Hall–Kier alpha value is -3.17. The van der Waals surface area contributed by atoms with Gasteiger partial charge in [-0.15, -0.1) is 6.58 Å². The van der Waals surface area contributed by atoms with E-state index in [1.165, 1.54) is 18.6 Å². The SMILES string of the molecule is C=CCCCCCCCCC(=O)Nc1ccc(C[N+]([O-])(Cc2ccc(C(F)(F)F)cc2)OC(=O)CCC)cc1. The number of amides is 1. The maximum absolute atomic E-state index is 13.5. The summed E-state index contributed by atoms with van der Waals surface area (Å²) in [7, 11) is 0. The highest BCUT2D eigenvalue weighted by Gasteiger charge is 2.31. The average Bonchev–Trinajstić information content (AvgIpc) is 2.86. The van der Waals surface area contributed by atoms with E-state index >= 15 is 0 Å². The number of carbonyl (C=O) groups excluding carboxylic acids is 2. The topological polar surface area (TPSA) is 78.5 Å². The zero-order valence-electron chi connectivity index (χ0n) is 22.6. The number of benzene rings is 2. The Morgan fingerprint density at radius 2 is 1.44 bits per heavy atom. The third-order valence-corrected chi connectivity index (χ3v) is 6.15. The van der Waals surface area contributed by atoms with Crippen LogP contribution in [0.1, 0.15) is 87.8 Å². The lowest BCUT2D eigenvalue weighted by molar-refractivity contribution is -1.07. The van der Waals surface area contributed by atoms with E-state index < -0.39 is 22.5 Å². The smallest absolute Gasteiger partial charge is 0.416 e. The van der Waals surface area contributed by atoms with Gasteiger partial charge in [-0.2, -0.15) is 18.0 Å². The van der Waals surface area contributed by atoms with Crippen LogP contribution in [0.4, 0.5) is 18.9 Å². The third kappa shape index (κ3) is 12.5. The number of quaternary nitrogens is 1. The molecule has 1 N–H and O–H groups in total. The first kappa shape index (κ1) is 32.0. The quantitative estimate of drug-likeness (QED) is 0.0935. The van der Waals surface area contributed by atoms with Crippen molar-refractivity contribution in [2.75, 3.05) is 5.32 Å². The lowest BCUT2D eigenvalue weighted by Crippen LogP contribution is -2.42. The molecule has 0 aromatic heterocycles. The molecule has 9 heteroatoms. The molecule has 0 radical (unpaired) electrons. The van der Waals surface area contributed by atoms with Crippen LogP contribution in [0.5, 0.6) is 0 Å². The number of hydrogen-bond acceptors (Lipinski definition) is 4. The summed E-state index contributed by atoms with van der Waals surface area (Å²) < 4.78 is 38.7. The van der Waals surface area contributed by atoms with Gasteiger partial charge in [-0.1, -0.05) is 62.9 Å². The fraction of sp³-hybridized carbons (Fsp3) is 0.467. The van der Waals surface area contributed by atoms with Crippen LogP contribution in [-0.4, -0.2) is 16.7 Å². The van der Waals surface area contributed by atoms with Crippen molar-refractivity contribution in [1.82, 2.24) is 0 Å². The zero-order chi connectivity index (χ0) is 28.7. The van der Waals surface area contributed by atoms with Crippen molar-refractivity contribution in [3.63, 3.8) is 0 Å². The van der Waals surface area contributed by atoms with E-state index in [4.69, 9.17) is 4.84 Å². The van der Waals surface area contributed by atoms with E-state index in [0.717, 1.165) is 50.7 Å². The summed E-state index contributed by atoms with van der Waals surface area (Å²) in [5.41, 5.74) is 0.622. The number of halogens is 3. The average molecular weight is 549 g/mol. The Balaban J connectivity index is 1.94. The Labute approximate surface area is 229 Å². The van der Waals surface area contributed by atoms with Gasteiger partial charge in [-0.05, 0) is 49.9 Å². The minimum Gasteiger partial charge on any atom is -0.589 e. The second-order valence-corrected chi connectivity index (χ2v) is 9.73. The van der Waals surface area contributed by atoms with E-state index in [1.807, 2.05) is 6.08 Å². The number of rotatable bonds is 17. The van der Waals surface area contributed by atoms with Crippen LogP contribution in [0.2, 0.25) is 0 Å². The number of hydroxylamine groups is 4. The second-order valence-electron chi connectivity index (χ2n) is 9.73. The summed E-state index contributed by atoms with van der Waals surface area (Å²) in [5.74, 6) is -0.765. The van der Waals surface area contributed by atoms with E-state index in [-0.39, 0.29) is 25.4 Å². The molecule has 0 aliphatic carbocycles. The minimum absolute atomic E-state index is 0.0511. The number of nitrogens with one attached hydrogen (secondary N) is 1. The molecule has 0 bridgehead atoms. The number of anilines is 1. The van der Waals surface area contributed by atoms with Crippen LogP contribution in [0, 0.1) is 5.21 Å². The number of hydrogen-bond donors (Lipinski definition) is 1. The normalized spacial score (nSPS) is 12.9. The van der Waals surface area contributed by atoms with Crippen molar-refractivity contribution in [3.8, 4) is 0 Å². The van der Waals surface area contributed by atoms with E-state index in [0.29, 0.717) is 29.7 Å². The molecule has 0 fully saturated rings. The predicted molar refractivity (Wildman–Crippen MR) is 146 cm³/mol. The summed E-state index contributed by atoms with van der Waals surface area (Å²) in [6, 6.07) is 10.9. The summed E-state index contributed by atoms with van der Waals surface area (Å²) >= 11 is 0. The molecule has 6 nitrogen and oxygen atoms in total. The Kier molecular flexibility index (Phi) is 13.2. The molecule has 2 aromatic carbocycles. The standard InChI is InChI=1S/C30H39F3N2O4/c1-3-5-6-7-8-9-10-11-13-28(36)34-27-20-16-25(17-21-27)23-35(38,39-29(37)12-4-2)22-24-14-18-26(19-15-24)30(31,32)33/h3,14-21H,1,4-13,22-23H2,2H3,(H,34,36). The van der Waals surface area contributed by atoms with Gasteiger partial charge in [-0.25, -0.2) is 4.79 Å². The molecule has 2 aromatic rings. The Morgan fingerprint density at radius 3 is 1.97 bits per heavy atom. The van der Waals surface area contributed by atoms with Crippen LogP contribution in [0.15, 0.2) is 61.2 Å². The van der Waals surface area contributed by atoms with Crippen molar-refractivity contribution < 1.29 is 32.4 Å². The molecule has 39 heavy (non-hydrogen) atoms. The van der Waals surface area contributed by atoms with Crippen molar-refractivity contribution in [1.29, 1.82) is 0 Å². The molecular formula is C30H39F3N2O4. The van der Waals surface area contributed by atoms with Gasteiger partial charge in [0, 0.05) is 23.2 Å². The fourth-order valence-electron chi connectivity index (χ4n) is 4.11. The van der Waals surface area contributed by atoms with Crippen LogP contribution in [0.3, 0.4) is 0 Å². The van der Waals surface area contributed by atoms with Gasteiger partial charge >= 0.3 is 12.1 Å². The molecule has 0 heterocycles. The lowest BCUT2D eigenvalue weighted by atomic mass is 10.1. The molecule has 0 saturated heterocycles. The lowest BCUT2D eigenvalue weighted by Gasteiger charge is -2.38. The summed E-state index contributed by atoms with van der Waals surface area (Å²) in [6.45, 7) is 4.90.